The van der Waals surface area contributed by atoms with Gasteiger partial charge in [0.2, 0.25) is 0 Å². The van der Waals surface area contributed by atoms with Crippen molar-refractivity contribution in [2.75, 3.05) is 0 Å². The lowest BCUT2D eigenvalue weighted by Gasteiger charge is -2.07. The highest BCUT2D eigenvalue weighted by molar-refractivity contribution is 5.34. The first kappa shape index (κ1) is 12.2. The number of nitrogens with zero attached hydrogens (tertiary/aromatic N) is 3. The minimum absolute atomic E-state index is 0.166. The first-order valence-electron chi connectivity index (χ1n) is 5.15. The van der Waals surface area contributed by atoms with Gasteiger partial charge in [-0.2, -0.15) is 0 Å². The summed E-state index contributed by atoms with van der Waals surface area (Å²) >= 11 is 0. The van der Waals surface area contributed by atoms with Crippen LogP contribution in [0.5, 0.6) is 0 Å². The van der Waals surface area contributed by atoms with Gasteiger partial charge in [-0.05, 0) is 6.07 Å². The number of benzene rings is 1. The Kier molecular flexibility index (Phi) is 3.33. The third-order valence-electron chi connectivity index (χ3n) is 2.53. The standard InChI is InChI=1S/C11H10FN3O3/c12-10-5-9(15(17)18)2-1-8(10)6-14-4-3-13-11(14)7-16/h1-5,16H,6-7H2. The third kappa shape index (κ3) is 2.35. The summed E-state index contributed by atoms with van der Waals surface area (Å²) in [5, 5.41) is 19.5. The van der Waals surface area contributed by atoms with Crippen LogP contribution in [0.1, 0.15) is 11.4 Å². The summed E-state index contributed by atoms with van der Waals surface area (Å²) in [6, 6.07) is 3.48. The molecule has 1 N–H and O–H groups in total. The number of nitro groups is 1. The summed E-state index contributed by atoms with van der Waals surface area (Å²) < 4.78 is 15.2. The Hall–Kier alpha value is -2.28. The van der Waals surface area contributed by atoms with Gasteiger partial charge in [-0.3, -0.25) is 10.1 Å². The summed E-state index contributed by atoms with van der Waals surface area (Å²) in [7, 11) is 0. The fraction of sp³-hybridized carbons (Fsp3) is 0.182. The lowest BCUT2D eigenvalue weighted by atomic mass is 10.2. The van der Waals surface area contributed by atoms with Crippen LogP contribution in [-0.2, 0) is 13.2 Å². The molecule has 0 fully saturated rings. The van der Waals surface area contributed by atoms with E-state index in [1.54, 1.807) is 10.8 Å². The van der Waals surface area contributed by atoms with Crippen LogP contribution in [0.2, 0.25) is 0 Å². The molecule has 1 heterocycles. The molecule has 0 bridgehead atoms. The zero-order valence-electron chi connectivity index (χ0n) is 9.28. The molecule has 0 radical (unpaired) electrons. The lowest BCUT2D eigenvalue weighted by Crippen LogP contribution is -2.06. The number of imidazole rings is 1. The second-order valence-electron chi connectivity index (χ2n) is 3.66. The van der Waals surface area contributed by atoms with Crippen LogP contribution in [0.4, 0.5) is 10.1 Å². The normalized spacial score (nSPS) is 10.6. The van der Waals surface area contributed by atoms with Crippen molar-refractivity contribution >= 4 is 5.69 Å². The predicted molar refractivity (Wildman–Crippen MR) is 60.3 cm³/mol. The van der Waals surface area contributed by atoms with E-state index in [9.17, 15) is 14.5 Å². The third-order valence-corrected chi connectivity index (χ3v) is 2.53. The van der Waals surface area contributed by atoms with E-state index in [-0.39, 0.29) is 18.8 Å². The van der Waals surface area contributed by atoms with Crippen molar-refractivity contribution < 1.29 is 14.4 Å². The molecule has 0 aliphatic heterocycles. The van der Waals surface area contributed by atoms with Gasteiger partial charge in [-0.25, -0.2) is 9.37 Å². The summed E-state index contributed by atoms with van der Waals surface area (Å²) in [6.07, 6.45) is 3.10. The van der Waals surface area contributed by atoms with E-state index < -0.39 is 10.7 Å². The molecular formula is C11H10FN3O3. The molecule has 0 saturated carbocycles. The molecule has 0 aliphatic carbocycles. The number of rotatable bonds is 4. The van der Waals surface area contributed by atoms with Crippen molar-refractivity contribution in [1.29, 1.82) is 0 Å². The van der Waals surface area contributed by atoms with Gasteiger partial charge in [0.1, 0.15) is 18.2 Å². The van der Waals surface area contributed by atoms with Crippen LogP contribution in [0.15, 0.2) is 30.6 Å². The molecule has 0 saturated heterocycles. The molecule has 7 heteroatoms. The van der Waals surface area contributed by atoms with Crippen molar-refractivity contribution in [3.63, 3.8) is 0 Å². The van der Waals surface area contributed by atoms with Crippen molar-refractivity contribution in [2.24, 2.45) is 0 Å². The monoisotopic (exact) mass is 251 g/mol. The zero-order valence-corrected chi connectivity index (χ0v) is 9.28. The van der Waals surface area contributed by atoms with E-state index in [1.165, 1.54) is 18.3 Å². The Labute approximate surface area is 101 Å². The minimum atomic E-state index is -0.651. The fourth-order valence-electron chi connectivity index (χ4n) is 1.60. The molecule has 1 aromatic heterocycles. The van der Waals surface area contributed by atoms with Crippen LogP contribution in [0, 0.1) is 15.9 Å². The number of halogens is 1. The second-order valence-corrected chi connectivity index (χ2v) is 3.66. The largest absolute Gasteiger partial charge is 0.388 e. The Morgan fingerprint density at radius 3 is 2.89 bits per heavy atom. The van der Waals surface area contributed by atoms with Gasteiger partial charge in [-0.1, -0.05) is 0 Å². The van der Waals surface area contributed by atoms with Crippen molar-refractivity contribution in [2.45, 2.75) is 13.2 Å². The van der Waals surface area contributed by atoms with Crippen LogP contribution in [0.3, 0.4) is 0 Å². The van der Waals surface area contributed by atoms with Gasteiger partial charge in [0.05, 0.1) is 17.5 Å². The minimum Gasteiger partial charge on any atom is -0.388 e. The molecule has 0 aliphatic rings. The van der Waals surface area contributed by atoms with Crippen LogP contribution in [0.25, 0.3) is 0 Å². The highest BCUT2D eigenvalue weighted by Crippen LogP contribution is 2.17. The highest BCUT2D eigenvalue weighted by atomic mass is 19.1. The van der Waals surface area contributed by atoms with Gasteiger partial charge in [-0.15, -0.1) is 0 Å². The average Bonchev–Trinajstić information content (AvgIpc) is 2.78. The molecule has 2 rings (SSSR count). The Morgan fingerprint density at radius 2 is 2.28 bits per heavy atom. The van der Waals surface area contributed by atoms with Crippen molar-refractivity contribution in [3.8, 4) is 0 Å². The Bertz CT molecular complexity index is 583. The first-order chi connectivity index (χ1) is 8.61. The molecule has 6 nitrogen and oxygen atoms in total. The molecule has 0 amide bonds. The van der Waals surface area contributed by atoms with Crippen LogP contribution >= 0.6 is 0 Å². The van der Waals surface area contributed by atoms with Crippen LogP contribution < -0.4 is 0 Å². The maximum absolute atomic E-state index is 13.6. The number of aliphatic hydroxyl groups excluding tert-OH is 1. The number of aliphatic hydroxyl groups is 1. The van der Waals surface area contributed by atoms with E-state index >= 15 is 0 Å². The maximum Gasteiger partial charge on any atom is 0.272 e. The van der Waals surface area contributed by atoms with Gasteiger partial charge in [0.15, 0.2) is 0 Å². The summed E-state index contributed by atoms with van der Waals surface area (Å²) in [5.41, 5.74) is 0.0116. The molecule has 2 aromatic rings. The van der Waals surface area contributed by atoms with Gasteiger partial charge < -0.3 is 9.67 Å². The molecular weight excluding hydrogens is 241 g/mol. The molecule has 0 atom stereocenters. The topological polar surface area (TPSA) is 81.2 Å². The molecule has 0 unspecified atom stereocenters. The lowest BCUT2D eigenvalue weighted by molar-refractivity contribution is -0.385. The SMILES string of the molecule is O=[N+]([O-])c1ccc(Cn2ccnc2CO)c(F)c1. The highest BCUT2D eigenvalue weighted by Gasteiger charge is 2.11. The number of hydrogen-bond acceptors (Lipinski definition) is 4. The van der Waals surface area contributed by atoms with Gasteiger partial charge in [0, 0.05) is 24.0 Å². The van der Waals surface area contributed by atoms with E-state index in [2.05, 4.69) is 4.98 Å². The smallest absolute Gasteiger partial charge is 0.272 e. The average molecular weight is 251 g/mol. The van der Waals surface area contributed by atoms with E-state index in [1.807, 2.05) is 0 Å². The summed E-state index contributed by atoms with van der Waals surface area (Å²) in [6.45, 7) is -0.0820. The Morgan fingerprint density at radius 1 is 1.50 bits per heavy atom. The molecule has 1 aromatic carbocycles. The molecule has 0 spiro atoms. The number of hydrogen-bond donors (Lipinski definition) is 1. The van der Waals surface area contributed by atoms with Gasteiger partial charge >= 0.3 is 0 Å². The second kappa shape index (κ2) is 4.92. The number of nitro benzene ring substituents is 1. The number of aromatic nitrogens is 2. The van der Waals surface area contributed by atoms with Gasteiger partial charge in [0.25, 0.3) is 5.69 Å². The summed E-state index contributed by atoms with van der Waals surface area (Å²) in [5.74, 6) is -0.241. The summed E-state index contributed by atoms with van der Waals surface area (Å²) in [4.78, 5) is 13.7. The Balaban J connectivity index is 2.27. The molecule has 94 valence electrons. The van der Waals surface area contributed by atoms with Crippen LogP contribution in [-0.4, -0.2) is 19.6 Å². The predicted octanol–water partition coefficient (Wildman–Crippen LogP) is 1.47. The fourth-order valence-corrected chi connectivity index (χ4v) is 1.60. The van der Waals surface area contributed by atoms with E-state index in [0.29, 0.717) is 11.4 Å². The van der Waals surface area contributed by atoms with E-state index in [0.717, 1.165) is 6.07 Å². The number of non-ortho nitro benzene ring substituents is 1. The van der Waals surface area contributed by atoms with E-state index in [4.69, 9.17) is 5.11 Å². The molecule has 18 heavy (non-hydrogen) atoms. The van der Waals surface area contributed by atoms with Crippen molar-refractivity contribution in [1.82, 2.24) is 9.55 Å². The zero-order chi connectivity index (χ0) is 13.1. The quantitative estimate of drug-likeness (QED) is 0.659. The van der Waals surface area contributed by atoms with Crippen molar-refractivity contribution in [3.05, 3.63) is 57.9 Å². The maximum atomic E-state index is 13.6. The first-order valence-corrected chi connectivity index (χ1v) is 5.15.